The van der Waals surface area contributed by atoms with Crippen LogP contribution in [0.15, 0.2) is 58.3 Å². The van der Waals surface area contributed by atoms with E-state index in [1.54, 1.807) is 18.2 Å². The third-order valence-corrected chi connectivity index (χ3v) is 6.96. The maximum Gasteiger partial charge on any atom is 0.338 e. The lowest BCUT2D eigenvalue weighted by molar-refractivity contribution is 0.0597. The minimum Gasteiger partial charge on any atom is -0.465 e. The van der Waals surface area contributed by atoms with Crippen molar-refractivity contribution in [1.29, 1.82) is 0 Å². The lowest BCUT2D eigenvalue weighted by atomic mass is 10.2. The molecule has 2 N–H and O–H groups in total. The fraction of sp³-hybridized carbons (Fsp3) is 0.188. The van der Waals surface area contributed by atoms with Gasteiger partial charge in [0, 0.05) is 4.90 Å². The summed E-state index contributed by atoms with van der Waals surface area (Å²) in [6.07, 6.45) is 0. The molecule has 1 atom stereocenters. The fourth-order valence-corrected chi connectivity index (χ4v) is 6.19. The third-order valence-electron chi connectivity index (χ3n) is 3.56. The Morgan fingerprint density at radius 2 is 1.86 bits per heavy atom. The first-order chi connectivity index (χ1) is 10.5. The molecule has 6 heteroatoms. The Morgan fingerprint density at radius 3 is 2.64 bits per heavy atom. The van der Waals surface area contributed by atoms with Gasteiger partial charge in [-0.25, -0.2) is 4.79 Å². The molecule has 0 aliphatic carbocycles. The van der Waals surface area contributed by atoms with Gasteiger partial charge in [0.2, 0.25) is 0 Å². The number of thioether (sulfide) groups is 1. The van der Waals surface area contributed by atoms with Crippen molar-refractivity contribution in [2.24, 2.45) is 0 Å². The van der Waals surface area contributed by atoms with Gasteiger partial charge in [-0.2, -0.15) is 10.6 Å². The van der Waals surface area contributed by atoms with Crippen molar-refractivity contribution in [2.75, 3.05) is 12.9 Å². The molecule has 1 heterocycles. The second kappa shape index (κ2) is 5.96. The number of hydrogen-bond acceptors (Lipinski definition) is 5. The number of carbonyl (C=O) groups is 1. The van der Waals surface area contributed by atoms with E-state index in [9.17, 15) is 13.9 Å². The third kappa shape index (κ3) is 2.75. The first-order valence-corrected chi connectivity index (χ1v) is 9.31. The quantitative estimate of drug-likeness (QED) is 0.812. The van der Waals surface area contributed by atoms with E-state index >= 15 is 0 Å². The molecule has 0 saturated carbocycles. The molecule has 0 spiro atoms. The highest BCUT2D eigenvalue weighted by atomic mass is 32.3. The largest absolute Gasteiger partial charge is 0.465 e. The highest BCUT2D eigenvalue weighted by Crippen LogP contribution is 2.62. The Morgan fingerprint density at radius 1 is 1.18 bits per heavy atom. The number of methoxy groups -OCH3 is 1. The van der Waals surface area contributed by atoms with Crippen LogP contribution >= 0.6 is 22.4 Å². The van der Waals surface area contributed by atoms with E-state index in [1.807, 2.05) is 30.3 Å². The van der Waals surface area contributed by atoms with E-state index in [-0.39, 0.29) is 17.0 Å². The molecule has 2 aromatic rings. The second-order valence-electron chi connectivity index (χ2n) is 4.97. The SMILES string of the molecule is COC(=O)c1ccccc1SC1CS(O)(O)c2ccccc21. The van der Waals surface area contributed by atoms with Gasteiger partial charge in [0.15, 0.2) is 0 Å². The van der Waals surface area contributed by atoms with Gasteiger partial charge < -0.3 is 4.74 Å². The standard InChI is InChI=1S/C16H16O4S2/c1-20-16(17)12-7-2-4-8-13(12)21-14-10-22(18,19)15-9-5-3-6-11(14)15/h2-9,14,18-19H,10H2,1H3. The van der Waals surface area contributed by atoms with Crippen molar-refractivity contribution in [3.05, 3.63) is 59.7 Å². The molecule has 0 saturated heterocycles. The van der Waals surface area contributed by atoms with Crippen LogP contribution in [0.4, 0.5) is 0 Å². The molecule has 3 rings (SSSR count). The molecule has 0 bridgehead atoms. The molecule has 0 radical (unpaired) electrons. The first-order valence-electron chi connectivity index (χ1n) is 6.72. The predicted octanol–water partition coefficient (Wildman–Crippen LogP) is 4.43. The average Bonchev–Trinajstić information content (AvgIpc) is 2.78. The monoisotopic (exact) mass is 336 g/mol. The number of ether oxygens (including phenoxy) is 1. The lowest BCUT2D eigenvalue weighted by Gasteiger charge is -2.27. The van der Waals surface area contributed by atoms with Gasteiger partial charge in [-0.05, 0) is 23.8 Å². The van der Waals surface area contributed by atoms with E-state index in [0.29, 0.717) is 10.5 Å². The van der Waals surface area contributed by atoms with Crippen LogP contribution in [-0.4, -0.2) is 27.9 Å². The zero-order valence-electron chi connectivity index (χ0n) is 11.9. The Labute approximate surface area is 134 Å². The highest BCUT2D eigenvalue weighted by molar-refractivity contribution is 8.25. The van der Waals surface area contributed by atoms with E-state index in [4.69, 9.17) is 4.74 Å². The normalized spacial score (nSPS) is 20.2. The molecule has 1 aliphatic rings. The topological polar surface area (TPSA) is 66.8 Å². The second-order valence-corrected chi connectivity index (χ2v) is 8.32. The van der Waals surface area contributed by atoms with Crippen LogP contribution in [0, 0.1) is 0 Å². The summed E-state index contributed by atoms with van der Waals surface area (Å²) >= 11 is 1.47. The Balaban J connectivity index is 1.94. The summed E-state index contributed by atoms with van der Waals surface area (Å²) in [4.78, 5) is 13.2. The maximum atomic E-state index is 11.9. The van der Waals surface area contributed by atoms with Crippen LogP contribution < -0.4 is 0 Å². The summed E-state index contributed by atoms with van der Waals surface area (Å²) < 4.78 is 25.3. The highest BCUT2D eigenvalue weighted by Gasteiger charge is 2.35. The van der Waals surface area contributed by atoms with Crippen molar-refractivity contribution in [3.63, 3.8) is 0 Å². The minimum absolute atomic E-state index is 0.0907. The molecule has 0 fully saturated rings. The molecule has 1 unspecified atom stereocenters. The predicted molar refractivity (Wildman–Crippen MR) is 88.8 cm³/mol. The van der Waals surface area contributed by atoms with Gasteiger partial charge in [-0.15, -0.1) is 11.8 Å². The summed E-state index contributed by atoms with van der Waals surface area (Å²) in [5, 5.41) is -0.0907. The fourth-order valence-electron chi connectivity index (χ4n) is 2.53. The van der Waals surface area contributed by atoms with E-state index < -0.39 is 10.6 Å². The number of benzene rings is 2. The van der Waals surface area contributed by atoms with Crippen molar-refractivity contribution in [3.8, 4) is 0 Å². The number of fused-ring (bicyclic) bond motifs is 1. The lowest BCUT2D eigenvalue weighted by Crippen LogP contribution is -2.04. The average molecular weight is 336 g/mol. The summed E-state index contributed by atoms with van der Waals surface area (Å²) in [6.45, 7) is 0. The summed E-state index contributed by atoms with van der Waals surface area (Å²) in [5.74, 6) is -0.118. The Bertz CT molecular complexity index is 715. The number of carbonyl (C=O) groups excluding carboxylic acids is 1. The van der Waals surface area contributed by atoms with Crippen LogP contribution in [0.3, 0.4) is 0 Å². The van der Waals surface area contributed by atoms with E-state index in [0.717, 1.165) is 10.5 Å². The van der Waals surface area contributed by atoms with Crippen molar-refractivity contribution in [1.82, 2.24) is 0 Å². The maximum absolute atomic E-state index is 11.9. The van der Waals surface area contributed by atoms with Gasteiger partial charge in [-0.1, -0.05) is 30.3 Å². The Hall–Kier alpha value is -1.47. The molecular formula is C16H16O4S2. The summed E-state index contributed by atoms with van der Waals surface area (Å²) in [6, 6.07) is 14.6. The zero-order chi connectivity index (χ0) is 15.7. The first kappa shape index (κ1) is 15.4. The van der Waals surface area contributed by atoms with E-state index in [1.165, 1.54) is 18.9 Å². The summed E-state index contributed by atoms with van der Waals surface area (Å²) in [7, 11) is -1.40. The van der Waals surface area contributed by atoms with Crippen LogP contribution in [0.1, 0.15) is 21.2 Å². The minimum atomic E-state index is -2.75. The Kier molecular flexibility index (Phi) is 4.18. The van der Waals surface area contributed by atoms with Crippen molar-refractivity contribution in [2.45, 2.75) is 15.0 Å². The molecule has 2 aromatic carbocycles. The van der Waals surface area contributed by atoms with Crippen molar-refractivity contribution >= 4 is 28.3 Å². The molecule has 0 amide bonds. The summed E-state index contributed by atoms with van der Waals surface area (Å²) in [5.41, 5.74) is 1.42. The zero-order valence-corrected chi connectivity index (χ0v) is 13.6. The van der Waals surface area contributed by atoms with Gasteiger partial charge in [0.25, 0.3) is 0 Å². The molecule has 116 valence electrons. The number of rotatable bonds is 3. The van der Waals surface area contributed by atoms with Gasteiger partial charge in [0.05, 0.1) is 28.6 Å². The van der Waals surface area contributed by atoms with Crippen LogP contribution in [0.2, 0.25) is 0 Å². The van der Waals surface area contributed by atoms with Gasteiger partial charge in [0.1, 0.15) is 0 Å². The molecule has 22 heavy (non-hydrogen) atoms. The van der Waals surface area contributed by atoms with Crippen LogP contribution in [0.5, 0.6) is 0 Å². The van der Waals surface area contributed by atoms with Gasteiger partial charge in [-0.3, -0.25) is 9.11 Å². The molecular weight excluding hydrogens is 320 g/mol. The number of hydrogen-bond donors (Lipinski definition) is 2. The molecule has 0 aromatic heterocycles. The van der Waals surface area contributed by atoms with Crippen LogP contribution in [0.25, 0.3) is 0 Å². The molecule has 4 nitrogen and oxygen atoms in total. The number of esters is 1. The van der Waals surface area contributed by atoms with Crippen LogP contribution in [-0.2, 0) is 4.74 Å². The smallest absolute Gasteiger partial charge is 0.338 e. The molecule has 1 aliphatic heterocycles. The van der Waals surface area contributed by atoms with E-state index in [2.05, 4.69) is 0 Å². The van der Waals surface area contributed by atoms with Gasteiger partial charge >= 0.3 is 5.97 Å². The van der Waals surface area contributed by atoms with Crippen molar-refractivity contribution < 1.29 is 18.6 Å².